The third kappa shape index (κ3) is 3.40. The quantitative estimate of drug-likeness (QED) is 0.849. The van der Waals surface area contributed by atoms with Crippen molar-refractivity contribution in [2.24, 2.45) is 0 Å². The van der Waals surface area contributed by atoms with Crippen LogP contribution in [0.3, 0.4) is 0 Å². The highest BCUT2D eigenvalue weighted by atomic mass is 35.5. The van der Waals surface area contributed by atoms with E-state index in [-0.39, 0.29) is 10.8 Å². The number of halogens is 3. The van der Waals surface area contributed by atoms with E-state index in [1.54, 1.807) is 13.8 Å². The molecule has 0 aromatic heterocycles. The average Bonchev–Trinajstić information content (AvgIpc) is 2.32. The highest BCUT2D eigenvalue weighted by Crippen LogP contribution is 2.19. The molecule has 0 fully saturated rings. The van der Waals surface area contributed by atoms with Crippen molar-refractivity contribution in [3.63, 3.8) is 0 Å². The van der Waals surface area contributed by atoms with Gasteiger partial charge in [-0.15, -0.1) is 11.6 Å². The molecule has 0 radical (unpaired) electrons. The van der Waals surface area contributed by atoms with E-state index in [0.717, 1.165) is 12.1 Å². The largest absolute Gasteiger partial charge is 0.241 e. The molecule has 1 aromatic rings. The Labute approximate surface area is 110 Å². The fourth-order valence-electron chi connectivity index (χ4n) is 1.22. The number of benzene rings is 1. The van der Waals surface area contributed by atoms with Gasteiger partial charge < -0.3 is 0 Å². The van der Waals surface area contributed by atoms with Crippen LogP contribution in [0.25, 0.3) is 0 Å². The van der Waals surface area contributed by atoms with E-state index in [9.17, 15) is 17.2 Å². The normalized spacial score (nSPS) is 15.4. The van der Waals surface area contributed by atoms with Gasteiger partial charge in [0.15, 0.2) is 11.6 Å². The molecule has 1 unspecified atom stereocenters. The first-order valence-corrected chi connectivity index (χ1v) is 7.31. The van der Waals surface area contributed by atoms with Crippen molar-refractivity contribution in [3.05, 3.63) is 29.8 Å². The first-order valence-electron chi connectivity index (χ1n) is 5.29. The van der Waals surface area contributed by atoms with E-state index in [1.807, 2.05) is 0 Å². The minimum Gasteiger partial charge on any atom is -0.207 e. The van der Waals surface area contributed by atoms with Gasteiger partial charge in [-0.3, -0.25) is 0 Å². The molecule has 1 N–H and O–H groups in total. The van der Waals surface area contributed by atoms with Gasteiger partial charge in [0.2, 0.25) is 10.0 Å². The molecule has 1 aromatic carbocycles. The molecular weight excluding hydrogens is 284 g/mol. The number of hydrogen-bond acceptors (Lipinski definition) is 2. The van der Waals surface area contributed by atoms with Crippen molar-refractivity contribution < 1.29 is 17.2 Å². The maximum atomic E-state index is 13.0. The molecule has 0 spiro atoms. The molecule has 3 nitrogen and oxygen atoms in total. The highest BCUT2D eigenvalue weighted by molar-refractivity contribution is 7.89. The smallest absolute Gasteiger partial charge is 0.207 e. The predicted molar refractivity (Wildman–Crippen MR) is 66.1 cm³/mol. The summed E-state index contributed by atoms with van der Waals surface area (Å²) in [5.74, 6) is -2.22. The summed E-state index contributed by atoms with van der Waals surface area (Å²) >= 11 is 5.70. The number of rotatable bonds is 5. The minimum absolute atomic E-state index is 0.0758. The third-order valence-corrected chi connectivity index (χ3v) is 4.88. The van der Waals surface area contributed by atoms with Crippen LogP contribution in [0.2, 0.25) is 0 Å². The molecule has 0 aliphatic heterocycles. The Kier molecular flexibility index (Phi) is 4.69. The lowest BCUT2D eigenvalue weighted by Gasteiger charge is -2.26. The van der Waals surface area contributed by atoms with Gasteiger partial charge in [0.1, 0.15) is 0 Å². The summed E-state index contributed by atoms with van der Waals surface area (Å²) in [6.07, 6.45) is 0.472. The van der Waals surface area contributed by atoms with E-state index >= 15 is 0 Å². The Hall–Kier alpha value is -0.720. The lowest BCUT2D eigenvalue weighted by Crippen LogP contribution is -2.46. The Bertz CT molecular complexity index is 530. The second-order valence-corrected chi connectivity index (χ2v) is 6.18. The molecule has 7 heteroatoms. The van der Waals surface area contributed by atoms with E-state index < -0.39 is 27.2 Å². The zero-order valence-corrected chi connectivity index (χ0v) is 11.6. The van der Waals surface area contributed by atoms with Crippen molar-refractivity contribution in [1.82, 2.24) is 4.72 Å². The van der Waals surface area contributed by atoms with Gasteiger partial charge in [-0.1, -0.05) is 6.92 Å². The van der Waals surface area contributed by atoms with Crippen LogP contribution in [-0.2, 0) is 10.0 Å². The Balaban J connectivity index is 3.10. The summed E-state index contributed by atoms with van der Waals surface area (Å²) in [5.41, 5.74) is -0.828. The van der Waals surface area contributed by atoms with E-state index in [0.29, 0.717) is 12.5 Å². The van der Waals surface area contributed by atoms with Crippen LogP contribution in [0, 0.1) is 11.6 Å². The predicted octanol–water partition coefficient (Wildman–Crippen LogP) is 2.65. The minimum atomic E-state index is -3.92. The summed E-state index contributed by atoms with van der Waals surface area (Å²) < 4.78 is 52.1. The van der Waals surface area contributed by atoms with Gasteiger partial charge in [0.25, 0.3) is 0 Å². The van der Waals surface area contributed by atoms with Crippen molar-refractivity contribution >= 4 is 21.6 Å². The molecule has 102 valence electrons. The van der Waals surface area contributed by atoms with Crippen LogP contribution in [0.15, 0.2) is 23.1 Å². The van der Waals surface area contributed by atoms with Gasteiger partial charge in [-0.05, 0) is 31.5 Å². The molecular formula is C11H14ClF2NO2S. The molecule has 0 aliphatic rings. The van der Waals surface area contributed by atoms with Crippen molar-refractivity contribution in [3.8, 4) is 0 Å². The van der Waals surface area contributed by atoms with Crippen LogP contribution in [-0.4, -0.2) is 19.8 Å². The molecule has 0 aliphatic carbocycles. The fraction of sp³-hybridized carbons (Fsp3) is 0.455. The first-order chi connectivity index (χ1) is 8.24. The fourth-order valence-corrected chi connectivity index (χ4v) is 3.05. The second kappa shape index (κ2) is 5.50. The van der Waals surface area contributed by atoms with Gasteiger partial charge >= 0.3 is 0 Å². The zero-order chi connectivity index (χ0) is 14.0. The van der Waals surface area contributed by atoms with Crippen molar-refractivity contribution in [2.45, 2.75) is 30.7 Å². The number of hydrogen-bond donors (Lipinski definition) is 1. The number of sulfonamides is 1. The summed E-state index contributed by atoms with van der Waals surface area (Å²) in [7, 11) is -3.92. The Morgan fingerprint density at radius 3 is 2.39 bits per heavy atom. The van der Waals surface area contributed by atoms with Crippen LogP contribution in [0.1, 0.15) is 20.3 Å². The average molecular weight is 298 g/mol. The third-order valence-electron chi connectivity index (χ3n) is 2.66. The van der Waals surface area contributed by atoms with Gasteiger partial charge in [0, 0.05) is 11.4 Å². The zero-order valence-electron chi connectivity index (χ0n) is 10.0. The molecule has 0 bridgehead atoms. The molecule has 0 saturated carbocycles. The molecule has 0 heterocycles. The van der Waals surface area contributed by atoms with Crippen LogP contribution in [0.4, 0.5) is 8.78 Å². The van der Waals surface area contributed by atoms with Crippen molar-refractivity contribution in [2.75, 3.05) is 5.88 Å². The SMILES string of the molecule is CCC(C)(CCl)NS(=O)(=O)c1ccc(F)c(F)c1. The van der Waals surface area contributed by atoms with E-state index in [4.69, 9.17) is 11.6 Å². The second-order valence-electron chi connectivity index (χ2n) is 4.23. The van der Waals surface area contributed by atoms with E-state index in [1.165, 1.54) is 0 Å². The monoisotopic (exact) mass is 297 g/mol. The lowest BCUT2D eigenvalue weighted by atomic mass is 10.0. The molecule has 18 heavy (non-hydrogen) atoms. The maximum absolute atomic E-state index is 13.0. The van der Waals surface area contributed by atoms with Gasteiger partial charge in [-0.25, -0.2) is 21.9 Å². The maximum Gasteiger partial charge on any atom is 0.241 e. The summed E-state index contributed by atoms with van der Waals surface area (Å²) in [5, 5.41) is 0. The van der Waals surface area contributed by atoms with Crippen LogP contribution < -0.4 is 4.72 Å². The Morgan fingerprint density at radius 1 is 1.33 bits per heavy atom. The summed E-state index contributed by atoms with van der Waals surface area (Å²) in [6.45, 7) is 3.41. The van der Waals surface area contributed by atoms with Crippen LogP contribution in [0.5, 0.6) is 0 Å². The van der Waals surface area contributed by atoms with Crippen LogP contribution >= 0.6 is 11.6 Å². The standard InChI is InChI=1S/C11H14ClF2NO2S/c1-3-11(2,7-12)15-18(16,17)8-4-5-9(13)10(14)6-8/h4-6,15H,3,7H2,1-2H3. The number of alkyl halides is 1. The lowest BCUT2D eigenvalue weighted by molar-refractivity contribution is 0.443. The van der Waals surface area contributed by atoms with Gasteiger partial charge in [0.05, 0.1) is 4.90 Å². The molecule has 1 atom stereocenters. The number of nitrogens with one attached hydrogen (secondary N) is 1. The summed E-state index contributed by atoms with van der Waals surface area (Å²) in [6, 6.07) is 2.42. The highest BCUT2D eigenvalue weighted by Gasteiger charge is 2.28. The molecule has 0 amide bonds. The molecule has 1 rings (SSSR count). The van der Waals surface area contributed by atoms with Crippen molar-refractivity contribution in [1.29, 1.82) is 0 Å². The summed E-state index contributed by atoms with van der Waals surface area (Å²) in [4.78, 5) is -0.328. The first kappa shape index (κ1) is 15.3. The molecule has 0 saturated heterocycles. The Morgan fingerprint density at radius 2 is 1.94 bits per heavy atom. The van der Waals surface area contributed by atoms with E-state index in [2.05, 4.69) is 4.72 Å². The van der Waals surface area contributed by atoms with Gasteiger partial charge in [-0.2, -0.15) is 0 Å². The topological polar surface area (TPSA) is 46.2 Å².